The van der Waals surface area contributed by atoms with Crippen molar-refractivity contribution in [3.63, 3.8) is 0 Å². The maximum atomic E-state index is 5.44. The Kier molecular flexibility index (Phi) is 4.50. The van der Waals surface area contributed by atoms with Crippen molar-refractivity contribution in [2.45, 2.75) is 19.8 Å². The molecule has 21 heavy (non-hydrogen) atoms. The molecule has 0 amide bonds. The average Bonchev–Trinajstić information content (AvgIpc) is 2.55. The van der Waals surface area contributed by atoms with Gasteiger partial charge in [0.15, 0.2) is 0 Å². The Morgan fingerprint density at radius 2 is 2.00 bits per heavy atom. The summed E-state index contributed by atoms with van der Waals surface area (Å²) in [6.45, 7) is 6.39. The Hall–Kier alpha value is -1.88. The summed E-state index contributed by atoms with van der Waals surface area (Å²) in [5.41, 5.74) is 0.994. The Labute approximate surface area is 125 Å². The third-order valence-electron chi connectivity index (χ3n) is 3.71. The number of hydrogen-bond acceptors (Lipinski definition) is 5. The van der Waals surface area contributed by atoms with Crippen molar-refractivity contribution in [1.82, 2.24) is 9.97 Å². The maximum Gasteiger partial charge on any atom is 0.225 e. The minimum Gasteiger partial charge on any atom is -0.378 e. The van der Waals surface area contributed by atoms with E-state index in [-0.39, 0.29) is 0 Å². The predicted molar refractivity (Wildman–Crippen MR) is 86.0 cm³/mol. The molecule has 0 unspecified atom stereocenters. The molecule has 0 aliphatic carbocycles. The molecule has 1 aliphatic rings. The third kappa shape index (κ3) is 3.24. The molecular formula is C16H22N4O. The van der Waals surface area contributed by atoms with Crippen LogP contribution in [0.15, 0.2) is 24.3 Å². The molecule has 1 fully saturated rings. The van der Waals surface area contributed by atoms with Crippen molar-refractivity contribution in [3.05, 3.63) is 24.3 Å². The van der Waals surface area contributed by atoms with Crippen LogP contribution in [0.5, 0.6) is 0 Å². The number of ether oxygens (including phenoxy) is 1. The average molecular weight is 286 g/mol. The molecule has 1 N–H and O–H groups in total. The highest BCUT2D eigenvalue weighted by atomic mass is 16.5. The van der Waals surface area contributed by atoms with E-state index in [4.69, 9.17) is 9.72 Å². The van der Waals surface area contributed by atoms with Crippen LogP contribution in [0.3, 0.4) is 0 Å². The van der Waals surface area contributed by atoms with E-state index in [1.165, 1.54) is 0 Å². The molecule has 5 heteroatoms. The quantitative estimate of drug-likeness (QED) is 0.856. The van der Waals surface area contributed by atoms with Gasteiger partial charge in [0.05, 0.1) is 18.7 Å². The zero-order chi connectivity index (χ0) is 14.5. The highest BCUT2D eigenvalue weighted by Crippen LogP contribution is 2.25. The Morgan fingerprint density at radius 3 is 2.81 bits per heavy atom. The second-order valence-electron chi connectivity index (χ2n) is 5.27. The maximum absolute atomic E-state index is 5.44. The number of hydrogen-bond donors (Lipinski definition) is 1. The summed E-state index contributed by atoms with van der Waals surface area (Å²) >= 11 is 0. The van der Waals surface area contributed by atoms with Crippen LogP contribution in [0.25, 0.3) is 10.9 Å². The number of para-hydroxylation sites is 1. The van der Waals surface area contributed by atoms with E-state index in [2.05, 4.69) is 28.2 Å². The van der Waals surface area contributed by atoms with Crippen molar-refractivity contribution in [2.75, 3.05) is 43.1 Å². The molecule has 0 saturated carbocycles. The van der Waals surface area contributed by atoms with E-state index >= 15 is 0 Å². The zero-order valence-electron chi connectivity index (χ0n) is 12.5. The predicted octanol–water partition coefficient (Wildman–Crippen LogP) is 2.68. The SMILES string of the molecule is CCCCNc1nc(N2CCOCC2)c2ccccc2n1. The first-order chi connectivity index (χ1) is 10.4. The fraction of sp³-hybridized carbons (Fsp3) is 0.500. The van der Waals surface area contributed by atoms with Crippen LogP contribution < -0.4 is 10.2 Å². The molecule has 1 aromatic carbocycles. The summed E-state index contributed by atoms with van der Waals surface area (Å²) in [6, 6.07) is 8.20. The second kappa shape index (κ2) is 6.72. The van der Waals surface area contributed by atoms with Crippen LogP contribution >= 0.6 is 0 Å². The molecule has 0 spiro atoms. The lowest BCUT2D eigenvalue weighted by molar-refractivity contribution is 0.122. The molecule has 1 aliphatic heterocycles. The van der Waals surface area contributed by atoms with E-state index < -0.39 is 0 Å². The van der Waals surface area contributed by atoms with Crippen molar-refractivity contribution in [2.24, 2.45) is 0 Å². The van der Waals surface area contributed by atoms with Crippen LogP contribution in [0.2, 0.25) is 0 Å². The van der Waals surface area contributed by atoms with E-state index in [0.29, 0.717) is 0 Å². The lowest BCUT2D eigenvalue weighted by Gasteiger charge is -2.29. The molecule has 112 valence electrons. The Morgan fingerprint density at radius 1 is 1.19 bits per heavy atom. The minimum absolute atomic E-state index is 0.726. The number of anilines is 2. The van der Waals surface area contributed by atoms with Crippen molar-refractivity contribution in [3.8, 4) is 0 Å². The lowest BCUT2D eigenvalue weighted by atomic mass is 10.2. The Balaban J connectivity index is 1.94. The van der Waals surface area contributed by atoms with Gasteiger partial charge in [-0.3, -0.25) is 0 Å². The van der Waals surface area contributed by atoms with Gasteiger partial charge in [0.25, 0.3) is 0 Å². The first-order valence-electron chi connectivity index (χ1n) is 7.72. The van der Waals surface area contributed by atoms with E-state index in [1.54, 1.807) is 0 Å². The van der Waals surface area contributed by atoms with Crippen molar-refractivity contribution in [1.29, 1.82) is 0 Å². The summed E-state index contributed by atoms with van der Waals surface area (Å²) in [5.74, 6) is 1.74. The number of nitrogens with one attached hydrogen (secondary N) is 1. The summed E-state index contributed by atoms with van der Waals surface area (Å²) in [7, 11) is 0. The first kappa shape index (κ1) is 14.1. The van der Waals surface area contributed by atoms with Crippen LogP contribution in [0.1, 0.15) is 19.8 Å². The van der Waals surface area contributed by atoms with Crippen LogP contribution in [0.4, 0.5) is 11.8 Å². The van der Waals surface area contributed by atoms with Crippen LogP contribution in [-0.4, -0.2) is 42.8 Å². The van der Waals surface area contributed by atoms with Crippen LogP contribution in [0, 0.1) is 0 Å². The number of benzene rings is 1. The van der Waals surface area contributed by atoms with Crippen molar-refractivity contribution >= 4 is 22.7 Å². The number of aromatic nitrogens is 2. The summed E-state index contributed by atoms with van der Waals surface area (Å²) in [4.78, 5) is 11.7. The molecule has 1 saturated heterocycles. The highest BCUT2D eigenvalue weighted by Gasteiger charge is 2.16. The van der Waals surface area contributed by atoms with Crippen LogP contribution in [-0.2, 0) is 4.74 Å². The first-order valence-corrected chi connectivity index (χ1v) is 7.72. The molecule has 0 radical (unpaired) electrons. The van der Waals surface area contributed by atoms with Gasteiger partial charge in [-0.15, -0.1) is 0 Å². The smallest absolute Gasteiger partial charge is 0.225 e. The number of nitrogens with zero attached hydrogens (tertiary/aromatic N) is 3. The number of rotatable bonds is 5. The number of morpholine rings is 1. The summed E-state index contributed by atoms with van der Waals surface area (Å²) in [5, 5.41) is 4.45. The standard InChI is InChI=1S/C16H22N4O/c1-2-3-8-17-16-18-14-7-5-4-6-13(14)15(19-16)20-9-11-21-12-10-20/h4-7H,2-3,8-12H2,1H3,(H,17,18,19). The summed E-state index contributed by atoms with van der Waals surface area (Å²) in [6.07, 6.45) is 2.29. The molecule has 5 nitrogen and oxygen atoms in total. The topological polar surface area (TPSA) is 50.3 Å². The molecule has 3 rings (SSSR count). The zero-order valence-corrected chi connectivity index (χ0v) is 12.5. The largest absolute Gasteiger partial charge is 0.378 e. The normalized spacial score (nSPS) is 15.4. The van der Waals surface area contributed by atoms with Crippen molar-refractivity contribution < 1.29 is 4.74 Å². The van der Waals surface area contributed by atoms with E-state index in [1.807, 2.05) is 18.2 Å². The van der Waals surface area contributed by atoms with Gasteiger partial charge in [-0.1, -0.05) is 25.5 Å². The minimum atomic E-state index is 0.726. The van der Waals surface area contributed by atoms with Gasteiger partial charge in [0.2, 0.25) is 5.95 Å². The van der Waals surface area contributed by atoms with E-state index in [0.717, 1.165) is 68.4 Å². The lowest BCUT2D eigenvalue weighted by Crippen LogP contribution is -2.37. The molecular weight excluding hydrogens is 264 g/mol. The van der Waals surface area contributed by atoms with Gasteiger partial charge in [-0.25, -0.2) is 4.98 Å². The van der Waals surface area contributed by atoms with Gasteiger partial charge < -0.3 is 15.0 Å². The van der Waals surface area contributed by atoms with Gasteiger partial charge in [-0.2, -0.15) is 4.98 Å². The van der Waals surface area contributed by atoms with Gasteiger partial charge >= 0.3 is 0 Å². The van der Waals surface area contributed by atoms with Gasteiger partial charge in [0, 0.05) is 25.0 Å². The van der Waals surface area contributed by atoms with Gasteiger partial charge in [-0.05, 0) is 18.6 Å². The molecule has 2 aromatic rings. The third-order valence-corrected chi connectivity index (χ3v) is 3.71. The fourth-order valence-electron chi connectivity index (χ4n) is 2.53. The molecule has 1 aromatic heterocycles. The molecule has 2 heterocycles. The Bertz CT molecular complexity index is 596. The number of fused-ring (bicyclic) bond motifs is 1. The second-order valence-corrected chi connectivity index (χ2v) is 5.27. The van der Waals surface area contributed by atoms with E-state index in [9.17, 15) is 0 Å². The summed E-state index contributed by atoms with van der Waals surface area (Å²) < 4.78 is 5.44. The molecule has 0 bridgehead atoms. The monoisotopic (exact) mass is 286 g/mol. The molecule has 0 atom stereocenters. The van der Waals surface area contributed by atoms with Gasteiger partial charge in [0.1, 0.15) is 5.82 Å². The fourth-order valence-corrected chi connectivity index (χ4v) is 2.53. The number of unbranched alkanes of at least 4 members (excludes halogenated alkanes) is 1. The highest BCUT2D eigenvalue weighted by molar-refractivity contribution is 5.90.